The first kappa shape index (κ1) is 12.8. The molecule has 2 aromatic rings. The van der Waals surface area contributed by atoms with Crippen molar-refractivity contribution in [2.24, 2.45) is 0 Å². The molecule has 1 N–H and O–H groups in total. The molecule has 19 heavy (non-hydrogen) atoms. The molecule has 1 heterocycles. The molecule has 0 amide bonds. The Balaban J connectivity index is 1.87. The minimum Gasteiger partial charge on any atom is -0.315 e. The normalized spacial score (nSPS) is 16.9. The van der Waals surface area contributed by atoms with Crippen molar-refractivity contribution in [3.8, 4) is 0 Å². The van der Waals surface area contributed by atoms with Crippen LogP contribution in [0.3, 0.4) is 0 Å². The minimum atomic E-state index is -0.173. The average molecular weight is 320 g/mol. The van der Waals surface area contributed by atoms with Crippen LogP contribution in [0.2, 0.25) is 0 Å². The highest BCUT2D eigenvalue weighted by Gasteiger charge is 2.38. The number of hydrogen-bond acceptors (Lipinski definition) is 1. The smallest absolute Gasteiger partial charge is 0.123 e. The molecule has 0 saturated carbocycles. The number of rotatable bonds is 3. The summed E-state index contributed by atoms with van der Waals surface area (Å²) in [5.74, 6) is -0.173. The van der Waals surface area contributed by atoms with Gasteiger partial charge in [0.15, 0.2) is 0 Å². The van der Waals surface area contributed by atoms with Crippen LogP contribution < -0.4 is 5.32 Å². The third-order valence-electron chi connectivity index (χ3n) is 3.84. The first-order valence-electron chi connectivity index (χ1n) is 6.39. The van der Waals surface area contributed by atoms with E-state index in [0.717, 1.165) is 24.0 Å². The van der Waals surface area contributed by atoms with Crippen LogP contribution in [0.4, 0.5) is 4.39 Å². The molecular formula is C16H15BrFN. The summed E-state index contributed by atoms with van der Waals surface area (Å²) in [4.78, 5) is 0. The zero-order chi connectivity index (χ0) is 13.3. The molecule has 0 radical (unpaired) electrons. The monoisotopic (exact) mass is 319 g/mol. The van der Waals surface area contributed by atoms with Gasteiger partial charge in [-0.1, -0.05) is 40.2 Å². The second-order valence-corrected chi connectivity index (χ2v) is 6.11. The Morgan fingerprint density at radius 2 is 1.63 bits per heavy atom. The van der Waals surface area contributed by atoms with Gasteiger partial charge in [-0.2, -0.15) is 0 Å². The van der Waals surface area contributed by atoms with Gasteiger partial charge in [-0.05, 0) is 41.8 Å². The Kier molecular flexibility index (Phi) is 3.42. The Labute approximate surface area is 121 Å². The summed E-state index contributed by atoms with van der Waals surface area (Å²) in [6, 6.07) is 15.4. The van der Waals surface area contributed by atoms with E-state index in [-0.39, 0.29) is 11.2 Å². The van der Waals surface area contributed by atoms with Gasteiger partial charge in [0, 0.05) is 23.0 Å². The predicted octanol–water partition coefficient (Wildman–Crippen LogP) is 3.67. The van der Waals surface area contributed by atoms with Gasteiger partial charge in [0.05, 0.1) is 0 Å². The molecule has 3 heteroatoms. The van der Waals surface area contributed by atoms with E-state index in [1.54, 1.807) is 0 Å². The van der Waals surface area contributed by atoms with Gasteiger partial charge >= 0.3 is 0 Å². The molecule has 1 aliphatic rings. The van der Waals surface area contributed by atoms with Gasteiger partial charge in [0.1, 0.15) is 5.82 Å². The van der Waals surface area contributed by atoms with Crippen LogP contribution in [0, 0.1) is 5.82 Å². The lowest BCUT2D eigenvalue weighted by atomic mass is 9.71. The average Bonchev–Trinajstić information content (AvgIpc) is 2.37. The standard InChI is InChI=1S/C16H15BrFN/c17-14-5-3-13(4-6-14)16(10-19-11-16)9-12-1-7-15(18)8-2-12/h1-8,19H,9-11H2. The second-order valence-electron chi connectivity index (χ2n) is 5.19. The topological polar surface area (TPSA) is 12.0 Å². The fourth-order valence-electron chi connectivity index (χ4n) is 2.65. The van der Waals surface area contributed by atoms with E-state index in [9.17, 15) is 4.39 Å². The van der Waals surface area contributed by atoms with Gasteiger partial charge in [0.25, 0.3) is 0 Å². The maximum atomic E-state index is 13.0. The highest BCUT2D eigenvalue weighted by Crippen LogP contribution is 2.33. The molecule has 1 aliphatic heterocycles. The molecule has 0 unspecified atom stereocenters. The summed E-state index contributed by atoms with van der Waals surface area (Å²) in [6.45, 7) is 1.96. The van der Waals surface area contributed by atoms with Crippen molar-refractivity contribution in [1.82, 2.24) is 5.32 Å². The SMILES string of the molecule is Fc1ccc(CC2(c3ccc(Br)cc3)CNC2)cc1. The van der Waals surface area contributed by atoms with Crippen molar-refractivity contribution in [3.05, 3.63) is 69.9 Å². The molecule has 1 nitrogen and oxygen atoms in total. The molecule has 0 spiro atoms. The molecule has 0 aliphatic carbocycles. The van der Waals surface area contributed by atoms with Gasteiger partial charge in [0.2, 0.25) is 0 Å². The Morgan fingerprint density at radius 1 is 1.00 bits per heavy atom. The van der Waals surface area contributed by atoms with Gasteiger partial charge in [-0.15, -0.1) is 0 Å². The fraction of sp³-hybridized carbons (Fsp3) is 0.250. The number of halogens is 2. The van der Waals surface area contributed by atoms with Crippen LogP contribution >= 0.6 is 15.9 Å². The Morgan fingerprint density at radius 3 is 2.16 bits per heavy atom. The van der Waals surface area contributed by atoms with Crippen molar-refractivity contribution in [3.63, 3.8) is 0 Å². The summed E-state index contributed by atoms with van der Waals surface area (Å²) in [5, 5.41) is 3.36. The highest BCUT2D eigenvalue weighted by molar-refractivity contribution is 9.10. The minimum absolute atomic E-state index is 0.151. The summed E-state index contributed by atoms with van der Waals surface area (Å²) < 4.78 is 14.1. The maximum Gasteiger partial charge on any atom is 0.123 e. The summed E-state index contributed by atoms with van der Waals surface area (Å²) in [7, 11) is 0. The Hall–Kier alpha value is -1.19. The number of nitrogens with one attached hydrogen (secondary N) is 1. The molecule has 3 rings (SSSR count). The zero-order valence-corrected chi connectivity index (χ0v) is 12.1. The summed E-state index contributed by atoms with van der Waals surface area (Å²) in [5.41, 5.74) is 2.68. The van der Waals surface area contributed by atoms with Gasteiger partial charge in [-0.3, -0.25) is 0 Å². The Bertz CT molecular complexity index is 558. The predicted molar refractivity (Wildman–Crippen MR) is 78.8 cm³/mol. The number of benzene rings is 2. The first-order valence-corrected chi connectivity index (χ1v) is 7.19. The first-order chi connectivity index (χ1) is 9.18. The van der Waals surface area contributed by atoms with Crippen LogP contribution in [0.15, 0.2) is 53.0 Å². The van der Waals surface area contributed by atoms with Crippen LogP contribution in [-0.4, -0.2) is 13.1 Å². The lowest BCUT2D eigenvalue weighted by Crippen LogP contribution is -2.58. The second kappa shape index (κ2) is 5.06. The highest BCUT2D eigenvalue weighted by atomic mass is 79.9. The van der Waals surface area contributed by atoms with E-state index >= 15 is 0 Å². The third-order valence-corrected chi connectivity index (χ3v) is 4.37. The molecule has 1 saturated heterocycles. The third kappa shape index (κ3) is 2.58. The van der Waals surface area contributed by atoms with E-state index in [1.807, 2.05) is 12.1 Å². The molecule has 98 valence electrons. The van der Waals surface area contributed by atoms with E-state index in [4.69, 9.17) is 0 Å². The molecule has 1 fully saturated rings. The van der Waals surface area contributed by atoms with Crippen LogP contribution in [-0.2, 0) is 11.8 Å². The van der Waals surface area contributed by atoms with Crippen molar-refractivity contribution in [1.29, 1.82) is 0 Å². The fourth-order valence-corrected chi connectivity index (χ4v) is 2.92. The maximum absolute atomic E-state index is 13.0. The lowest BCUT2D eigenvalue weighted by Gasteiger charge is -2.43. The molecule has 0 bridgehead atoms. The molecule has 0 atom stereocenters. The van der Waals surface area contributed by atoms with Gasteiger partial charge in [-0.25, -0.2) is 4.39 Å². The van der Waals surface area contributed by atoms with E-state index < -0.39 is 0 Å². The van der Waals surface area contributed by atoms with Crippen LogP contribution in [0.1, 0.15) is 11.1 Å². The van der Waals surface area contributed by atoms with Crippen molar-refractivity contribution < 1.29 is 4.39 Å². The van der Waals surface area contributed by atoms with Crippen LogP contribution in [0.5, 0.6) is 0 Å². The lowest BCUT2D eigenvalue weighted by molar-refractivity contribution is 0.274. The van der Waals surface area contributed by atoms with Crippen molar-refractivity contribution in [2.75, 3.05) is 13.1 Å². The zero-order valence-electron chi connectivity index (χ0n) is 10.5. The van der Waals surface area contributed by atoms with E-state index in [2.05, 4.69) is 45.5 Å². The summed E-state index contributed by atoms with van der Waals surface area (Å²) in [6.07, 6.45) is 0.946. The van der Waals surface area contributed by atoms with E-state index in [0.29, 0.717) is 0 Å². The molecular weight excluding hydrogens is 305 g/mol. The van der Waals surface area contributed by atoms with Crippen molar-refractivity contribution >= 4 is 15.9 Å². The largest absolute Gasteiger partial charge is 0.315 e. The van der Waals surface area contributed by atoms with Crippen molar-refractivity contribution in [2.45, 2.75) is 11.8 Å². The molecule has 0 aromatic heterocycles. The molecule has 2 aromatic carbocycles. The number of hydrogen-bond donors (Lipinski definition) is 1. The summed E-state index contributed by atoms with van der Waals surface area (Å²) >= 11 is 3.47. The van der Waals surface area contributed by atoms with Crippen LogP contribution in [0.25, 0.3) is 0 Å². The quantitative estimate of drug-likeness (QED) is 0.910. The van der Waals surface area contributed by atoms with Gasteiger partial charge < -0.3 is 5.32 Å². The van der Waals surface area contributed by atoms with E-state index in [1.165, 1.54) is 23.3 Å².